The van der Waals surface area contributed by atoms with Crippen LogP contribution in [0.5, 0.6) is 0 Å². The number of fused-ring (bicyclic) bond motifs is 1. The molecular weight excluding hydrogens is 473 g/mol. The zero-order chi connectivity index (χ0) is 25.9. The summed E-state index contributed by atoms with van der Waals surface area (Å²) in [6.45, 7) is 3.49. The number of alkyl halides is 3. The van der Waals surface area contributed by atoms with Crippen LogP contribution >= 0.6 is 0 Å². The van der Waals surface area contributed by atoms with Gasteiger partial charge in [0.1, 0.15) is 5.82 Å². The SMILES string of the molecule is CCOC(=O)CC1(CC(F)(F)F)CCc2cc(-c3cnc(Nc4ccc(C)nc4)cn3)ccc2C1=O. The molecule has 4 rings (SSSR count). The first-order chi connectivity index (χ1) is 17.1. The van der Waals surface area contributed by atoms with E-state index in [2.05, 4.69) is 20.3 Å². The number of hydrogen-bond donors (Lipinski definition) is 1. The average molecular weight is 499 g/mol. The van der Waals surface area contributed by atoms with Gasteiger partial charge in [-0.2, -0.15) is 13.2 Å². The number of benzene rings is 1. The highest BCUT2D eigenvalue weighted by Gasteiger charge is 2.51. The molecule has 1 atom stereocenters. The third-order valence-electron chi connectivity index (χ3n) is 6.16. The number of nitrogens with one attached hydrogen (secondary N) is 1. The lowest BCUT2D eigenvalue weighted by Gasteiger charge is -2.36. The Labute approximate surface area is 206 Å². The zero-order valence-electron chi connectivity index (χ0n) is 19.9. The number of rotatable bonds is 7. The monoisotopic (exact) mass is 498 g/mol. The molecule has 1 unspecified atom stereocenters. The van der Waals surface area contributed by atoms with Gasteiger partial charge in [0, 0.05) is 16.8 Å². The number of carbonyl (C=O) groups is 2. The first-order valence-corrected chi connectivity index (χ1v) is 11.5. The van der Waals surface area contributed by atoms with E-state index in [4.69, 9.17) is 4.74 Å². The quantitative estimate of drug-likeness (QED) is 0.423. The Kier molecular flexibility index (Phi) is 7.05. The van der Waals surface area contributed by atoms with E-state index < -0.39 is 36.2 Å². The van der Waals surface area contributed by atoms with Gasteiger partial charge in [0.15, 0.2) is 5.78 Å². The summed E-state index contributed by atoms with van der Waals surface area (Å²) < 4.78 is 45.1. The molecule has 0 radical (unpaired) electrons. The molecule has 36 heavy (non-hydrogen) atoms. The van der Waals surface area contributed by atoms with E-state index in [1.54, 1.807) is 37.6 Å². The minimum absolute atomic E-state index is 0.0340. The molecule has 0 saturated carbocycles. The summed E-state index contributed by atoms with van der Waals surface area (Å²) in [4.78, 5) is 38.4. The van der Waals surface area contributed by atoms with E-state index in [-0.39, 0.29) is 25.0 Å². The molecule has 188 valence electrons. The molecule has 0 saturated heterocycles. The summed E-state index contributed by atoms with van der Waals surface area (Å²) in [7, 11) is 0. The van der Waals surface area contributed by atoms with Crippen molar-refractivity contribution in [1.29, 1.82) is 0 Å². The first kappa shape index (κ1) is 25.3. The summed E-state index contributed by atoms with van der Waals surface area (Å²) in [6.07, 6.45) is -1.62. The minimum atomic E-state index is -4.60. The standard InChI is InChI=1S/C26H25F3N4O3/c1-3-36-23(34)11-25(15-26(27,28)29)9-8-17-10-18(5-7-20(17)24(25)35)21-13-32-22(14-31-21)33-19-6-4-16(2)30-12-19/h4-7,10,12-14H,3,8-9,11,15H2,1-2H3,(H,32,33). The number of hydrogen-bond acceptors (Lipinski definition) is 7. The Morgan fingerprint density at radius 3 is 2.56 bits per heavy atom. The summed E-state index contributed by atoms with van der Waals surface area (Å²) in [5, 5.41) is 3.11. The second kappa shape index (κ2) is 10.0. The highest BCUT2D eigenvalue weighted by atomic mass is 19.4. The second-order valence-corrected chi connectivity index (χ2v) is 8.86. The van der Waals surface area contributed by atoms with Crippen LogP contribution < -0.4 is 5.32 Å². The van der Waals surface area contributed by atoms with E-state index in [9.17, 15) is 22.8 Å². The van der Waals surface area contributed by atoms with Crippen molar-refractivity contribution in [1.82, 2.24) is 15.0 Å². The molecule has 3 aromatic rings. The van der Waals surface area contributed by atoms with E-state index in [0.29, 0.717) is 22.6 Å². The lowest BCUT2D eigenvalue weighted by atomic mass is 9.66. The number of ether oxygens (including phenoxy) is 1. The number of aryl methyl sites for hydroxylation is 2. The highest BCUT2D eigenvalue weighted by Crippen LogP contribution is 2.46. The van der Waals surface area contributed by atoms with E-state index in [1.165, 1.54) is 6.07 Å². The smallest absolute Gasteiger partial charge is 0.390 e. The molecule has 1 N–H and O–H groups in total. The van der Waals surface area contributed by atoms with Crippen molar-refractivity contribution in [3.05, 3.63) is 65.7 Å². The maximum atomic E-state index is 13.4. The van der Waals surface area contributed by atoms with Crippen molar-refractivity contribution in [3.63, 3.8) is 0 Å². The number of halogens is 3. The molecule has 0 aliphatic heterocycles. The fraction of sp³-hybridized carbons (Fsp3) is 0.346. The fourth-order valence-corrected chi connectivity index (χ4v) is 4.46. The van der Waals surface area contributed by atoms with Crippen LogP contribution in [0.3, 0.4) is 0 Å². The van der Waals surface area contributed by atoms with Crippen molar-refractivity contribution in [3.8, 4) is 11.3 Å². The fourth-order valence-electron chi connectivity index (χ4n) is 4.46. The summed E-state index contributed by atoms with van der Waals surface area (Å²) in [5.74, 6) is -0.966. The van der Waals surface area contributed by atoms with Gasteiger partial charge in [0.2, 0.25) is 0 Å². The second-order valence-electron chi connectivity index (χ2n) is 8.86. The largest absolute Gasteiger partial charge is 0.466 e. The third-order valence-corrected chi connectivity index (χ3v) is 6.16. The molecule has 2 heterocycles. The molecule has 2 aromatic heterocycles. The molecule has 1 aromatic carbocycles. The van der Waals surface area contributed by atoms with Gasteiger partial charge in [-0.1, -0.05) is 12.1 Å². The van der Waals surface area contributed by atoms with Crippen LogP contribution in [0, 0.1) is 12.3 Å². The Morgan fingerprint density at radius 1 is 1.11 bits per heavy atom. The molecule has 1 aliphatic carbocycles. The van der Waals surface area contributed by atoms with E-state index >= 15 is 0 Å². The molecular formula is C26H25F3N4O3. The molecule has 0 spiro atoms. The van der Waals surface area contributed by atoms with Crippen molar-refractivity contribution in [2.75, 3.05) is 11.9 Å². The Bertz CT molecular complexity index is 1260. The summed E-state index contributed by atoms with van der Waals surface area (Å²) in [5.41, 5.74) is 1.84. The lowest BCUT2D eigenvalue weighted by Crippen LogP contribution is -2.42. The van der Waals surface area contributed by atoms with Crippen molar-refractivity contribution >= 4 is 23.3 Å². The van der Waals surface area contributed by atoms with Crippen LogP contribution in [0.1, 0.15) is 47.8 Å². The Balaban J connectivity index is 1.56. The number of carbonyl (C=O) groups excluding carboxylic acids is 2. The van der Waals surface area contributed by atoms with Crippen LogP contribution in [-0.2, 0) is 16.0 Å². The maximum Gasteiger partial charge on any atom is 0.390 e. The number of aromatic nitrogens is 3. The van der Waals surface area contributed by atoms with Crippen LogP contribution in [0.2, 0.25) is 0 Å². The topological polar surface area (TPSA) is 94.1 Å². The molecule has 1 aliphatic rings. The van der Waals surface area contributed by atoms with Crippen LogP contribution in [0.25, 0.3) is 11.3 Å². The normalized spacial score (nSPS) is 17.4. The lowest BCUT2D eigenvalue weighted by molar-refractivity contribution is -0.162. The van der Waals surface area contributed by atoms with Crippen LogP contribution in [0.4, 0.5) is 24.7 Å². The maximum absolute atomic E-state index is 13.4. The minimum Gasteiger partial charge on any atom is -0.466 e. The van der Waals surface area contributed by atoms with E-state index in [0.717, 1.165) is 11.4 Å². The average Bonchev–Trinajstić information content (AvgIpc) is 2.82. The van der Waals surface area contributed by atoms with Crippen LogP contribution in [0.15, 0.2) is 48.9 Å². The van der Waals surface area contributed by atoms with Gasteiger partial charge >= 0.3 is 12.1 Å². The van der Waals surface area contributed by atoms with Gasteiger partial charge < -0.3 is 10.1 Å². The van der Waals surface area contributed by atoms with Crippen LogP contribution in [-0.4, -0.2) is 39.5 Å². The molecule has 7 nitrogen and oxygen atoms in total. The molecule has 0 bridgehead atoms. The highest BCUT2D eigenvalue weighted by molar-refractivity contribution is 6.04. The van der Waals surface area contributed by atoms with E-state index in [1.807, 2.05) is 19.1 Å². The van der Waals surface area contributed by atoms with Gasteiger partial charge in [0.05, 0.1) is 54.8 Å². The molecule has 10 heteroatoms. The molecule has 0 amide bonds. The number of nitrogens with zero attached hydrogens (tertiary/aromatic N) is 3. The summed E-state index contributed by atoms with van der Waals surface area (Å²) in [6, 6.07) is 8.63. The van der Waals surface area contributed by atoms with Gasteiger partial charge in [-0.3, -0.25) is 19.6 Å². The van der Waals surface area contributed by atoms with Gasteiger partial charge in [-0.15, -0.1) is 0 Å². The van der Waals surface area contributed by atoms with Crippen molar-refractivity contribution in [2.24, 2.45) is 5.41 Å². The Hall–Kier alpha value is -3.82. The van der Waals surface area contributed by atoms with Crippen molar-refractivity contribution < 1.29 is 27.5 Å². The third kappa shape index (κ3) is 5.69. The molecule has 0 fully saturated rings. The predicted octanol–water partition coefficient (Wildman–Crippen LogP) is 5.61. The number of esters is 1. The van der Waals surface area contributed by atoms with Crippen molar-refractivity contribution in [2.45, 2.75) is 45.7 Å². The van der Waals surface area contributed by atoms with Gasteiger partial charge in [-0.25, -0.2) is 4.98 Å². The Morgan fingerprint density at radius 2 is 1.92 bits per heavy atom. The number of anilines is 2. The van der Waals surface area contributed by atoms with Gasteiger partial charge in [0.25, 0.3) is 0 Å². The van der Waals surface area contributed by atoms with Gasteiger partial charge in [-0.05, 0) is 50.5 Å². The first-order valence-electron chi connectivity index (χ1n) is 11.5. The summed E-state index contributed by atoms with van der Waals surface area (Å²) >= 11 is 0. The number of Topliss-reactive ketones (excluding diaryl/α,β-unsaturated/α-hetero) is 1. The predicted molar refractivity (Wildman–Crippen MR) is 127 cm³/mol. The zero-order valence-corrected chi connectivity index (χ0v) is 19.9. The number of pyridine rings is 1. The number of ketones is 1.